The van der Waals surface area contributed by atoms with E-state index in [9.17, 15) is 13.2 Å². The quantitative estimate of drug-likeness (QED) is 0.670. The molecule has 2 rings (SSSR count). The molecule has 13 heavy (non-hydrogen) atoms. The van der Waals surface area contributed by atoms with Crippen LogP contribution in [-0.2, 0) is 14.6 Å². The highest BCUT2D eigenvalue weighted by molar-refractivity contribution is 7.91. The van der Waals surface area contributed by atoms with E-state index in [0.29, 0.717) is 12.5 Å². The van der Waals surface area contributed by atoms with Crippen molar-refractivity contribution in [3.8, 4) is 0 Å². The van der Waals surface area contributed by atoms with Crippen LogP contribution in [0.5, 0.6) is 0 Å². The number of carbonyl (C=O) groups excluding carboxylic acids is 1. The zero-order chi connectivity index (χ0) is 9.47. The Balaban J connectivity index is 1.90. The van der Waals surface area contributed by atoms with Crippen molar-refractivity contribution in [3.05, 3.63) is 0 Å². The summed E-state index contributed by atoms with van der Waals surface area (Å²) in [6, 6.07) is 0.329. The second kappa shape index (κ2) is 2.97. The van der Waals surface area contributed by atoms with E-state index >= 15 is 0 Å². The summed E-state index contributed by atoms with van der Waals surface area (Å²) < 4.78 is 22.1. The zero-order valence-corrected chi connectivity index (χ0v) is 8.14. The fraction of sp³-hybridized carbons (Fsp3) is 0.875. The molecule has 1 amide bonds. The van der Waals surface area contributed by atoms with Crippen molar-refractivity contribution in [1.82, 2.24) is 5.32 Å². The van der Waals surface area contributed by atoms with Crippen molar-refractivity contribution in [3.63, 3.8) is 0 Å². The van der Waals surface area contributed by atoms with Gasteiger partial charge in [-0.2, -0.15) is 0 Å². The van der Waals surface area contributed by atoms with Gasteiger partial charge in [-0.15, -0.1) is 0 Å². The van der Waals surface area contributed by atoms with Crippen molar-refractivity contribution in [1.29, 1.82) is 0 Å². The second-order valence-corrected chi connectivity index (χ2v) is 6.11. The lowest BCUT2D eigenvalue weighted by molar-refractivity contribution is -0.124. The van der Waals surface area contributed by atoms with Crippen LogP contribution in [0.15, 0.2) is 0 Å². The molecule has 1 N–H and O–H groups in total. The van der Waals surface area contributed by atoms with Gasteiger partial charge >= 0.3 is 0 Å². The normalized spacial score (nSPS) is 31.5. The van der Waals surface area contributed by atoms with E-state index < -0.39 is 9.84 Å². The van der Waals surface area contributed by atoms with Gasteiger partial charge in [-0.25, -0.2) is 8.42 Å². The molecule has 2 fully saturated rings. The summed E-state index contributed by atoms with van der Waals surface area (Å²) in [5.74, 6) is -0.129. The molecule has 1 aliphatic heterocycles. The first-order valence-electron chi connectivity index (χ1n) is 4.58. The van der Waals surface area contributed by atoms with Gasteiger partial charge in [-0.1, -0.05) is 0 Å². The highest BCUT2D eigenvalue weighted by Crippen LogP contribution is 2.22. The first-order valence-corrected chi connectivity index (χ1v) is 6.40. The molecule has 4 nitrogen and oxygen atoms in total. The number of rotatable bonds is 2. The van der Waals surface area contributed by atoms with Crippen LogP contribution >= 0.6 is 0 Å². The van der Waals surface area contributed by atoms with Crippen LogP contribution < -0.4 is 5.32 Å². The minimum Gasteiger partial charge on any atom is -0.353 e. The maximum Gasteiger partial charge on any atom is 0.224 e. The molecule has 0 aromatic rings. The predicted octanol–water partition coefficient (Wildman–Crippen LogP) is -0.300. The van der Waals surface area contributed by atoms with Crippen LogP contribution in [0.3, 0.4) is 0 Å². The van der Waals surface area contributed by atoms with E-state index in [1.165, 1.54) is 0 Å². The average molecular weight is 203 g/mol. The summed E-state index contributed by atoms with van der Waals surface area (Å²) >= 11 is 0. The molecule has 2 aliphatic rings. The van der Waals surface area contributed by atoms with Gasteiger partial charge in [0.25, 0.3) is 0 Å². The van der Waals surface area contributed by atoms with E-state index in [1.807, 2.05) is 0 Å². The fourth-order valence-corrected chi connectivity index (χ4v) is 3.29. The standard InChI is InChI=1S/C8H13NO3S/c10-8(9-7-1-2-7)6-3-4-13(11,12)5-6/h6-7H,1-5H2,(H,9,10). The van der Waals surface area contributed by atoms with E-state index in [1.54, 1.807) is 0 Å². The maximum atomic E-state index is 11.4. The molecule has 0 radical (unpaired) electrons. The molecular weight excluding hydrogens is 190 g/mol. The SMILES string of the molecule is O=C(NC1CC1)C1CCS(=O)(=O)C1. The zero-order valence-electron chi connectivity index (χ0n) is 7.32. The van der Waals surface area contributed by atoms with Crippen molar-refractivity contribution >= 4 is 15.7 Å². The number of hydrogen-bond donors (Lipinski definition) is 1. The molecule has 5 heteroatoms. The number of sulfone groups is 1. The Hall–Kier alpha value is -0.580. The van der Waals surface area contributed by atoms with Gasteiger partial charge in [-0.3, -0.25) is 4.79 Å². The molecule has 0 aromatic carbocycles. The van der Waals surface area contributed by atoms with Gasteiger partial charge < -0.3 is 5.32 Å². The predicted molar refractivity (Wildman–Crippen MR) is 47.9 cm³/mol. The van der Waals surface area contributed by atoms with E-state index in [0.717, 1.165) is 12.8 Å². The Labute approximate surface area is 77.6 Å². The van der Waals surface area contributed by atoms with Gasteiger partial charge in [0.15, 0.2) is 9.84 Å². The fourth-order valence-electron chi connectivity index (χ4n) is 1.55. The lowest BCUT2D eigenvalue weighted by Crippen LogP contribution is -2.32. The maximum absolute atomic E-state index is 11.4. The summed E-state index contributed by atoms with van der Waals surface area (Å²) in [4.78, 5) is 11.4. The van der Waals surface area contributed by atoms with E-state index in [-0.39, 0.29) is 23.3 Å². The smallest absolute Gasteiger partial charge is 0.224 e. The molecule has 1 heterocycles. The minimum absolute atomic E-state index is 0.0472. The minimum atomic E-state index is -2.92. The first-order chi connectivity index (χ1) is 6.07. The number of hydrogen-bond acceptors (Lipinski definition) is 3. The molecule has 1 saturated carbocycles. The van der Waals surface area contributed by atoms with Crippen LogP contribution in [0.4, 0.5) is 0 Å². The Morgan fingerprint density at radius 3 is 2.38 bits per heavy atom. The molecule has 1 unspecified atom stereocenters. The van der Waals surface area contributed by atoms with Crippen LogP contribution in [0.25, 0.3) is 0 Å². The van der Waals surface area contributed by atoms with Crippen LogP contribution in [0.2, 0.25) is 0 Å². The largest absolute Gasteiger partial charge is 0.353 e. The van der Waals surface area contributed by atoms with Gasteiger partial charge in [-0.05, 0) is 19.3 Å². The van der Waals surface area contributed by atoms with Crippen molar-refractivity contribution in [2.24, 2.45) is 5.92 Å². The third-order valence-corrected chi connectivity index (χ3v) is 4.29. The number of nitrogens with one attached hydrogen (secondary N) is 1. The molecule has 0 aromatic heterocycles. The monoisotopic (exact) mass is 203 g/mol. The number of carbonyl (C=O) groups is 1. The van der Waals surface area contributed by atoms with Crippen molar-refractivity contribution < 1.29 is 13.2 Å². The van der Waals surface area contributed by atoms with Gasteiger partial charge in [0.05, 0.1) is 17.4 Å². The molecular formula is C8H13NO3S. The van der Waals surface area contributed by atoms with Gasteiger partial charge in [0.2, 0.25) is 5.91 Å². The summed E-state index contributed by atoms with van der Waals surface area (Å²) in [5, 5.41) is 2.83. The summed E-state index contributed by atoms with van der Waals surface area (Å²) in [6.07, 6.45) is 2.59. The van der Waals surface area contributed by atoms with Crippen LogP contribution in [-0.4, -0.2) is 31.9 Å². The molecule has 0 bridgehead atoms. The van der Waals surface area contributed by atoms with Gasteiger partial charge in [0, 0.05) is 6.04 Å². The second-order valence-electron chi connectivity index (χ2n) is 3.88. The van der Waals surface area contributed by atoms with Crippen molar-refractivity contribution in [2.75, 3.05) is 11.5 Å². The van der Waals surface area contributed by atoms with Crippen molar-refractivity contribution in [2.45, 2.75) is 25.3 Å². The molecule has 1 aliphatic carbocycles. The van der Waals surface area contributed by atoms with E-state index in [4.69, 9.17) is 0 Å². The van der Waals surface area contributed by atoms with Crippen LogP contribution in [0, 0.1) is 5.92 Å². The lowest BCUT2D eigenvalue weighted by atomic mass is 10.1. The lowest BCUT2D eigenvalue weighted by Gasteiger charge is -2.07. The summed E-state index contributed by atoms with van der Waals surface area (Å²) in [7, 11) is -2.92. The van der Waals surface area contributed by atoms with E-state index in [2.05, 4.69) is 5.32 Å². The third-order valence-electron chi connectivity index (χ3n) is 2.53. The molecule has 74 valence electrons. The molecule has 0 spiro atoms. The summed E-state index contributed by atoms with van der Waals surface area (Å²) in [6.45, 7) is 0. The third kappa shape index (κ3) is 2.21. The average Bonchev–Trinajstić information content (AvgIpc) is 2.75. The molecule has 1 atom stereocenters. The highest BCUT2D eigenvalue weighted by Gasteiger charge is 2.35. The Morgan fingerprint density at radius 1 is 1.23 bits per heavy atom. The highest BCUT2D eigenvalue weighted by atomic mass is 32.2. The van der Waals surface area contributed by atoms with Gasteiger partial charge in [0.1, 0.15) is 0 Å². The molecule has 1 saturated heterocycles. The Morgan fingerprint density at radius 2 is 1.92 bits per heavy atom. The topological polar surface area (TPSA) is 63.2 Å². The number of amides is 1. The Bertz CT molecular complexity index is 318. The first kappa shape index (κ1) is 8.99. The van der Waals surface area contributed by atoms with Crippen LogP contribution in [0.1, 0.15) is 19.3 Å². The Kier molecular flexibility index (Phi) is 2.06. The summed E-state index contributed by atoms with van der Waals surface area (Å²) in [5.41, 5.74) is 0.